The number of thioether (sulfide) groups is 1. The van der Waals surface area contributed by atoms with Gasteiger partial charge in [-0.1, -0.05) is 20.8 Å². The monoisotopic (exact) mass is 217 g/mol. The topological polar surface area (TPSA) is 29.1 Å². The van der Waals surface area contributed by atoms with Crippen LogP contribution < -0.4 is 5.32 Å². The molecule has 0 atom stereocenters. The van der Waals surface area contributed by atoms with Crippen molar-refractivity contribution >= 4 is 17.7 Å². The highest BCUT2D eigenvalue weighted by Crippen LogP contribution is 2.21. The second kappa shape index (κ2) is 5.06. The van der Waals surface area contributed by atoms with Crippen LogP contribution >= 0.6 is 11.8 Å². The molecule has 0 saturated heterocycles. The van der Waals surface area contributed by atoms with Crippen molar-refractivity contribution in [2.24, 2.45) is 5.41 Å². The zero-order valence-corrected chi connectivity index (χ0v) is 11.0. The first-order valence-electron chi connectivity index (χ1n) is 4.98. The Morgan fingerprint density at radius 1 is 1.21 bits per heavy atom. The minimum absolute atomic E-state index is 0.0770. The lowest BCUT2D eigenvalue weighted by molar-refractivity contribution is -0.122. The average molecular weight is 217 g/mol. The molecule has 0 unspecified atom stereocenters. The van der Waals surface area contributed by atoms with Crippen molar-refractivity contribution in [1.29, 1.82) is 0 Å². The molecule has 0 heterocycles. The van der Waals surface area contributed by atoms with Gasteiger partial charge in [-0.3, -0.25) is 4.79 Å². The van der Waals surface area contributed by atoms with Crippen molar-refractivity contribution in [3.63, 3.8) is 0 Å². The summed E-state index contributed by atoms with van der Waals surface area (Å²) in [5, 5.41) is 2.97. The number of hydrogen-bond donors (Lipinski definition) is 1. The van der Waals surface area contributed by atoms with Crippen LogP contribution in [0.25, 0.3) is 0 Å². The first-order valence-corrected chi connectivity index (χ1v) is 6.21. The quantitative estimate of drug-likeness (QED) is 0.784. The summed E-state index contributed by atoms with van der Waals surface area (Å²) in [5.74, 6) is 0.152. The minimum atomic E-state index is 0.0770. The maximum atomic E-state index is 11.5. The van der Waals surface area contributed by atoms with Crippen LogP contribution in [0.3, 0.4) is 0 Å². The van der Waals surface area contributed by atoms with Crippen molar-refractivity contribution in [1.82, 2.24) is 5.32 Å². The zero-order valence-electron chi connectivity index (χ0n) is 10.2. The van der Waals surface area contributed by atoms with E-state index in [0.29, 0.717) is 6.42 Å². The highest BCUT2D eigenvalue weighted by Gasteiger charge is 2.19. The Kier molecular flexibility index (Phi) is 4.99. The summed E-state index contributed by atoms with van der Waals surface area (Å²) in [6.07, 6.45) is 2.66. The molecule has 0 rings (SSSR count). The summed E-state index contributed by atoms with van der Waals surface area (Å²) >= 11 is 1.77. The number of carbonyl (C=O) groups excluding carboxylic acids is 1. The maximum Gasteiger partial charge on any atom is 0.220 e. The highest BCUT2D eigenvalue weighted by atomic mass is 32.2. The standard InChI is InChI=1S/C11H23NOS/c1-10(2,3)7-9(13)12-8-11(4,5)14-6/h7-8H2,1-6H3,(H,12,13). The molecule has 0 aromatic heterocycles. The largest absolute Gasteiger partial charge is 0.355 e. The van der Waals surface area contributed by atoms with Crippen LogP contribution in [0, 0.1) is 5.41 Å². The Hall–Kier alpha value is -0.180. The number of nitrogens with one attached hydrogen (secondary N) is 1. The summed E-state index contributed by atoms with van der Waals surface area (Å²) in [4.78, 5) is 11.5. The number of amides is 1. The molecule has 0 aromatic rings. The van der Waals surface area contributed by atoms with E-state index in [2.05, 4.69) is 46.2 Å². The van der Waals surface area contributed by atoms with Crippen molar-refractivity contribution in [3.8, 4) is 0 Å². The molecule has 84 valence electrons. The van der Waals surface area contributed by atoms with Gasteiger partial charge in [-0.25, -0.2) is 0 Å². The fraction of sp³-hybridized carbons (Fsp3) is 0.909. The normalized spacial score (nSPS) is 12.7. The van der Waals surface area contributed by atoms with Crippen LogP contribution in [-0.2, 0) is 4.79 Å². The summed E-state index contributed by atoms with van der Waals surface area (Å²) < 4.78 is 0.132. The SMILES string of the molecule is CSC(C)(C)CNC(=O)CC(C)(C)C. The van der Waals surface area contributed by atoms with Gasteiger partial charge in [0.25, 0.3) is 0 Å². The molecular weight excluding hydrogens is 194 g/mol. The molecule has 0 spiro atoms. The first kappa shape index (κ1) is 13.8. The van der Waals surface area contributed by atoms with Gasteiger partial charge in [-0.2, -0.15) is 11.8 Å². The molecule has 0 saturated carbocycles. The van der Waals surface area contributed by atoms with Crippen LogP contribution in [0.4, 0.5) is 0 Å². The molecule has 0 aromatic carbocycles. The summed E-state index contributed by atoms with van der Waals surface area (Å²) in [7, 11) is 0. The highest BCUT2D eigenvalue weighted by molar-refractivity contribution is 7.99. The van der Waals surface area contributed by atoms with Gasteiger partial charge >= 0.3 is 0 Å². The van der Waals surface area contributed by atoms with E-state index in [4.69, 9.17) is 0 Å². The average Bonchev–Trinajstić information content (AvgIpc) is 1.98. The summed E-state index contributed by atoms with van der Waals surface area (Å²) in [5.41, 5.74) is 0.0770. The van der Waals surface area contributed by atoms with Gasteiger partial charge in [0.2, 0.25) is 5.91 Å². The molecule has 1 amide bonds. The molecule has 2 nitrogen and oxygen atoms in total. The van der Waals surface area contributed by atoms with Gasteiger partial charge in [0, 0.05) is 17.7 Å². The van der Waals surface area contributed by atoms with E-state index in [9.17, 15) is 4.79 Å². The van der Waals surface area contributed by atoms with Crippen molar-refractivity contribution in [2.45, 2.75) is 45.8 Å². The second-order valence-corrected chi connectivity index (χ2v) is 6.99. The third-order valence-electron chi connectivity index (χ3n) is 1.95. The van der Waals surface area contributed by atoms with E-state index in [0.717, 1.165) is 6.54 Å². The molecule has 0 aliphatic carbocycles. The molecule has 0 aliphatic heterocycles. The lowest BCUT2D eigenvalue weighted by Crippen LogP contribution is -2.37. The Morgan fingerprint density at radius 3 is 2.07 bits per heavy atom. The van der Waals surface area contributed by atoms with E-state index in [1.807, 2.05) is 0 Å². The van der Waals surface area contributed by atoms with Crippen molar-refractivity contribution in [3.05, 3.63) is 0 Å². The Bertz CT molecular complexity index is 194. The van der Waals surface area contributed by atoms with Crippen LogP contribution in [0.2, 0.25) is 0 Å². The number of rotatable bonds is 4. The predicted molar refractivity (Wildman–Crippen MR) is 64.7 cm³/mol. The number of carbonyl (C=O) groups is 1. The van der Waals surface area contributed by atoms with E-state index < -0.39 is 0 Å². The predicted octanol–water partition coefficient (Wildman–Crippen LogP) is 2.68. The van der Waals surface area contributed by atoms with Gasteiger partial charge in [-0.05, 0) is 25.5 Å². The molecule has 1 N–H and O–H groups in total. The van der Waals surface area contributed by atoms with Gasteiger partial charge in [0.05, 0.1) is 0 Å². The maximum absolute atomic E-state index is 11.5. The van der Waals surface area contributed by atoms with E-state index in [1.165, 1.54) is 0 Å². The van der Waals surface area contributed by atoms with Crippen molar-refractivity contribution in [2.75, 3.05) is 12.8 Å². The molecule has 0 aliphatic rings. The third kappa shape index (κ3) is 7.25. The van der Waals surface area contributed by atoms with Crippen molar-refractivity contribution < 1.29 is 4.79 Å². The first-order chi connectivity index (χ1) is 6.16. The zero-order chi connectivity index (χ0) is 11.4. The second-order valence-electron chi connectivity index (χ2n) is 5.48. The fourth-order valence-electron chi connectivity index (χ4n) is 0.928. The third-order valence-corrected chi connectivity index (χ3v) is 3.20. The molecule has 14 heavy (non-hydrogen) atoms. The number of hydrogen-bond acceptors (Lipinski definition) is 2. The van der Waals surface area contributed by atoms with Crippen LogP contribution in [0.5, 0.6) is 0 Å². The molecule has 0 radical (unpaired) electrons. The minimum Gasteiger partial charge on any atom is -0.355 e. The lowest BCUT2D eigenvalue weighted by atomic mass is 9.92. The van der Waals surface area contributed by atoms with Crippen LogP contribution in [-0.4, -0.2) is 23.5 Å². The van der Waals surface area contributed by atoms with Gasteiger partial charge in [-0.15, -0.1) is 0 Å². The Morgan fingerprint density at radius 2 is 1.71 bits per heavy atom. The smallest absolute Gasteiger partial charge is 0.220 e. The van der Waals surface area contributed by atoms with Gasteiger partial charge in [0.15, 0.2) is 0 Å². The molecule has 0 bridgehead atoms. The lowest BCUT2D eigenvalue weighted by Gasteiger charge is -2.24. The van der Waals surface area contributed by atoms with E-state index in [1.54, 1.807) is 11.8 Å². The van der Waals surface area contributed by atoms with E-state index >= 15 is 0 Å². The van der Waals surface area contributed by atoms with Gasteiger partial charge in [0.1, 0.15) is 0 Å². The van der Waals surface area contributed by atoms with Crippen LogP contribution in [0.15, 0.2) is 0 Å². The molecular formula is C11H23NOS. The summed E-state index contributed by atoms with van der Waals surface area (Å²) in [6, 6.07) is 0. The molecule has 3 heteroatoms. The summed E-state index contributed by atoms with van der Waals surface area (Å²) in [6.45, 7) is 11.2. The fourth-order valence-corrected chi connectivity index (χ4v) is 1.14. The van der Waals surface area contributed by atoms with Gasteiger partial charge < -0.3 is 5.32 Å². The van der Waals surface area contributed by atoms with Crippen LogP contribution in [0.1, 0.15) is 41.0 Å². The Labute approximate surface area is 92.2 Å². The molecule has 0 fully saturated rings. The van der Waals surface area contributed by atoms with E-state index in [-0.39, 0.29) is 16.1 Å². The Balaban J connectivity index is 3.87.